The Bertz CT molecular complexity index is 777. The molecule has 26 heavy (non-hydrogen) atoms. The molecule has 6 heteroatoms. The van der Waals surface area contributed by atoms with Crippen LogP contribution in [-0.2, 0) is 16.1 Å². The van der Waals surface area contributed by atoms with E-state index in [0.29, 0.717) is 5.56 Å². The molecule has 2 aromatic rings. The van der Waals surface area contributed by atoms with E-state index in [-0.39, 0.29) is 11.9 Å². The first-order chi connectivity index (χ1) is 12.4. The first-order valence-electron chi connectivity index (χ1n) is 8.29. The Labute approximate surface area is 158 Å². The first kappa shape index (κ1) is 20.0. The number of thioether (sulfide) groups is 1. The summed E-state index contributed by atoms with van der Waals surface area (Å²) in [5.41, 5.74) is 2.40. The lowest BCUT2D eigenvalue weighted by atomic mass is 10.1. The SMILES string of the molecule is COC(=O)C(C)Sc1ccccc1C(=O)Nc1cccc(CN(C)C)c1. The van der Waals surface area contributed by atoms with Crippen LogP contribution in [0, 0.1) is 0 Å². The third-order valence-electron chi connectivity index (χ3n) is 3.65. The summed E-state index contributed by atoms with van der Waals surface area (Å²) in [6.07, 6.45) is 0. The van der Waals surface area contributed by atoms with Gasteiger partial charge in [-0.05, 0) is 50.8 Å². The molecule has 1 atom stereocenters. The Morgan fingerprint density at radius 2 is 1.88 bits per heavy atom. The average molecular weight is 372 g/mol. The summed E-state index contributed by atoms with van der Waals surface area (Å²) < 4.78 is 4.76. The van der Waals surface area contributed by atoms with Crippen LogP contribution in [0.3, 0.4) is 0 Å². The highest BCUT2D eigenvalue weighted by atomic mass is 32.2. The Balaban J connectivity index is 2.16. The summed E-state index contributed by atoms with van der Waals surface area (Å²) in [6.45, 7) is 2.56. The van der Waals surface area contributed by atoms with Crippen molar-refractivity contribution in [1.29, 1.82) is 0 Å². The number of rotatable bonds is 7. The minimum atomic E-state index is -0.391. The van der Waals surface area contributed by atoms with Gasteiger partial charge in [-0.25, -0.2) is 0 Å². The largest absolute Gasteiger partial charge is 0.468 e. The Kier molecular flexibility index (Phi) is 7.24. The van der Waals surface area contributed by atoms with Gasteiger partial charge in [0.2, 0.25) is 0 Å². The van der Waals surface area contributed by atoms with Gasteiger partial charge in [0.25, 0.3) is 5.91 Å². The standard InChI is InChI=1S/C20H24N2O3S/c1-14(20(24)25-4)26-18-11-6-5-10-17(18)19(23)21-16-9-7-8-15(12-16)13-22(2)3/h5-12,14H,13H2,1-4H3,(H,21,23). The minimum absolute atomic E-state index is 0.202. The number of nitrogens with zero attached hydrogens (tertiary/aromatic N) is 1. The number of methoxy groups -OCH3 is 1. The molecule has 0 bridgehead atoms. The molecule has 0 saturated carbocycles. The number of esters is 1. The Hall–Kier alpha value is -2.31. The van der Waals surface area contributed by atoms with Crippen LogP contribution in [-0.4, -0.2) is 43.2 Å². The van der Waals surface area contributed by atoms with E-state index in [0.717, 1.165) is 22.7 Å². The topological polar surface area (TPSA) is 58.6 Å². The van der Waals surface area contributed by atoms with E-state index in [1.54, 1.807) is 13.0 Å². The van der Waals surface area contributed by atoms with Crippen molar-refractivity contribution in [2.45, 2.75) is 23.6 Å². The molecule has 0 aliphatic heterocycles. The zero-order chi connectivity index (χ0) is 19.1. The van der Waals surface area contributed by atoms with Crippen molar-refractivity contribution in [3.63, 3.8) is 0 Å². The highest BCUT2D eigenvalue weighted by Gasteiger charge is 2.19. The smallest absolute Gasteiger partial charge is 0.318 e. The van der Waals surface area contributed by atoms with E-state index in [2.05, 4.69) is 10.2 Å². The normalized spacial score (nSPS) is 11.9. The van der Waals surface area contributed by atoms with Crippen molar-refractivity contribution in [3.05, 3.63) is 59.7 Å². The van der Waals surface area contributed by atoms with Crippen molar-refractivity contribution in [3.8, 4) is 0 Å². The van der Waals surface area contributed by atoms with Crippen LogP contribution >= 0.6 is 11.8 Å². The molecule has 0 saturated heterocycles. The highest BCUT2D eigenvalue weighted by molar-refractivity contribution is 8.00. The van der Waals surface area contributed by atoms with E-state index in [1.165, 1.54) is 18.9 Å². The predicted octanol–water partition coefficient (Wildman–Crippen LogP) is 3.65. The molecule has 1 amide bonds. The fourth-order valence-corrected chi connectivity index (χ4v) is 3.49. The van der Waals surface area contributed by atoms with Crippen LogP contribution in [0.25, 0.3) is 0 Å². The van der Waals surface area contributed by atoms with Crippen LogP contribution in [0.1, 0.15) is 22.8 Å². The van der Waals surface area contributed by atoms with Crippen molar-refractivity contribution >= 4 is 29.3 Å². The first-order valence-corrected chi connectivity index (χ1v) is 9.17. The molecule has 0 spiro atoms. The number of anilines is 1. The fourth-order valence-electron chi connectivity index (χ4n) is 2.47. The van der Waals surface area contributed by atoms with Gasteiger partial charge in [0.05, 0.1) is 12.7 Å². The maximum absolute atomic E-state index is 12.7. The number of benzene rings is 2. The van der Waals surface area contributed by atoms with E-state index in [4.69, 9.17) is 4.74 Å². The van der Waals surface area contributed by atoms with Gasteiger partial charge in [0, 0.05) is 17.1 Å². The molecular weight excluding hydrogens is 348 g/mol. The van der Waals surface area contributed by atoms with E-state index < -0.39 is 5.25 Å². The van der Waals surface area contributed by atoms with Crippen LogP contribution in [0.4, 0.5) is 5.69 Å². The van der Waals surface area contributed by atoms with E-state index >= 15 is 0 Å². The maximum Gasteiger partial charge on any atom is 0.318 e. The third kappa shape index (κ3) is 5.61. The van der Waals surface area contributed by atoms with Gasteiger partial charge in [0.15, 0.2) is 0 Å². The quantitative estimate of drug-likeness (QED) is 0.594. The summed E-state index contributed by atoms with van der Waals surface area (Å²) in [6, 6.07) is 15.0. The summed E-state index contributed by atoms with van der Waals surface area (Å²) in [7, 11) is 5.36. The zero-order valence-electron chi connectivity index (χ0n) is 15.5. The van der Waals surface area contributed by atoms with Gasteiger partial charge in [0.1, 0.15) is 5.25 Å². The average Bonchev–Trinajstić information content (AvgIpc) is 2.61. The molecule has 5 nitrogen and oxygen atoms in total. The van der Waals surface area contributed by atoms with E-state index in [9.17, 15) is 9.59 Å². The van der Waals surface area contributed by atoms with Crippen molar-refractivity contribution in [2.24, 2.45) is 0 Å². The lowest BCUT2D eigenvalue weighted by Crippen LogP contribution is -2.17. The lowest BCUT2D eigenvalue weighted by Gasteiger charge is -2.14. The van der Waals surface area contributed by atoms with Gasteiger partial charge in [-0.15, -0.1) is 11.8 Å². The highest BCUT2D eigenvalue weighted by Crippen LogP contribution is 2.28. The van der Waals surface area contributed by atoms with Gasteiger partial charge in [-0.1, -0.05) is 24.3 Å². The number of hydrogen-bond acceptors (Lipinski definition) is 5. The molecule has 0 heterocycles. The maximum atomic E-state index is 12.7. The molecule has 0 aliphatic carbocycles. The van der Waals surface area contributed by atoms with Crippen LogP contribution < -0.4 is 5.32 Å². The number of carbonyl (C=O) groups excluding carboxylic acids is 2. The summed E-state index contributed by atoms with van der Waals surface area (Å²) >= 11 is 1.31. The predicted molar refractivity (Wildman–Crippen MR) is 106 cm³/mol. The number of nitrogens with one attached hydrogen (secondary N) is 1. The number of amides is 1. The van der Waals surface area contributed by atoms with Crippen LogP contribution in [0.15, 0.2) is 53.4 Å². The summed E-state index contributed by atoms with van der Waals surface area (Å²) in [5.74, 6) is -0.520. The summed E-state index contributed by atoms with van der Waals surface area (Å²) in [4.78, 5) is 27.2. The zero-order valence-corrected chi connectivity index (χ0v) is 16.3. The van der Waals surface area contributed by atoms with Crippen LogP contribution in [0.5, 0.6) is 0 Å². The van der Waals surface area contributed by atoms with Crippen molar-refractivity contribution in [1.82, 2.24) is 4.90 Å². The summed E-state index contributed by atoms with van der Waals surface area (Å²) in [5, 5.41) is 2.55. The van der Waals surface area contributed by atoms with Crippen LogP contribution in [0.2, 0.25) is 0 Å². The monoisotopic (exact) mass is 372 g/mol. The molecule has 0 radical (unpaired) electrons. The molecule has 2 aromatic carbocycles. The molecular formula is C20H24N2O3S. The minimum Gasteiger partial charge on any atom is -0.468 e. The van der Waals surface area contributed by atoms with Crippen molar-refractivity contribution < 1.29 is 14.3 Å². The molecule has 2 rings (SSSR count). The number of ether oxygens (including phenoxy) is 1. The molecule has 138 valence electrons. The second-order valence-electron chi connectivity index (χ2n) is 6.17. The second kappa shape index (κ2) is 9.40. The van der Waals surface area contributed by atoms with Crippen molar-refractivity contribution in [2.75, 3.05) is 26.5 Å². The molecule has 1 unspecified atom stereocenters. The van der Waals surface area contributed by atoms with Gasteiger partial charge in [-0.2, -0.15) is 0 Å². The number of carbonyl (C=O) groups is 2. The molecule has 0 aromatic heterocycles. The second-order valence-corrected chi connectivity index (χ2v) is 7.55. The molecule has 1 N–H and O–H groups in total. The fraction of sp³-hybridized carbons (Fsp3) is 0.300. The van der Waals surface area contributed by atoms with Gasteiger partial charge >= 0.3 is 5.97 Å². The third-order valence-corrected chi connectivity index (χ3v) is 4.81. The van der Waals surface area contributed by atoms with E-state index in [1.807, 2.05) is 56.6 Å². The van der Waals surface area contributed by atoms with Gasteiger partial charge < -0.3 is 15.0 Å². The molecule has 0 fully saturated rings. The molecule has 0 aliphatic rings. The number of hydrogen-bond donors (Lipinski definition) is 1. The van der Waals surface area contributed by atoms with Gasteiger partial charge in [-0.3, -0.25) is 9.59 Å². The lowest BCUT2D eigenvalue weighted by molar-refractivity contribution is -0.139. The Morgan fingerprint density at radius 1 is 1.15 bits per heavy atom. The Morgan fingerprint density at radius 3 is 2.58 bits per heavy atom.